The van der Waals surface area contributed by atoms with Gasteiger partial charge >= 0.3 is 11.9 Å². The smallest absolute Gasteiger partial charge is 0.303 e. The van der Waals surface area contributed by atoms with Gasteiger partial charge in [-0.05, 0) is 18.3 Å². The zero-order chi connectivity index (χ0) is 22.6. The number of hydrogen-bond acceptors (Lipinski definition) is 6. The maximum Gasteiger partial charge on any atom is 0.303 e. The van der Waals surface area contributed by atoms with Crippen LogP contribution in [0.1, 0.15) is 41.6 Å². The average molecular weight is 425 g/mol. The predicted octanol–water partition coefficient (Wildman–Crippen LogP) is 1.60. The molecule has 1 saturated heterocycles. The fourth-order valence-corrected chi connectivity index (χ4v) is 3.81. The molecule has 0 atom stereocenters. The van der Waals surface area contributed by atoms with Crippen LogP contribution in [0.25, 0.3) is 11.4 Å². The SMILES string of the molecule is N=C(N)c1ccc(-c2ncc(C(=O)N3CCC(CC(=O)O)(CC(=O)O)CC3)cn2)cc1. The van der Waals surface area contributed by atoms with E-state index >= 15 is 0 Å². The number of amides is 1. The quantitative estimate of drug-likeness (QED) is 0.383. The Morgan fingerprint density at radius 1 is 0.968 bits per heavy atom. The summed E-state index contributed by atoms with van der Waals surface area (Å²) >= 11 is 0. The zero-order valence-electron chi connectivity index (χ0n) is 16.7. The van der Waals surface area contributed by atoms with Gasteiger partial charge in [0.2, 0.25) is 0 Å². The summed E-state index contributed by atoms with van der Waals surface area (Å²) in [6.45, 7) is 0.543. The van der Waals surface area contributed by atoms with Crippen molar-refractivity contribution >= 4 is 23.7 Å². The monoisotopic (exact) mass is 425 g/mol. The number of piperidine rings is 1. The number of aromatic nitrogens is 2. The van der Waals surface area contributed by atoms with Crippen LogP contribution in [0.4, 0.5) is 0 Å². The molecule has 1 aliphatic heterocycles. The van der Waals surface area contributed by atoms with Gasteiger partial charge in [0, 0.05) is 36.6 Å². The number of carbonyl (C=O) groups excluding carboxylic acids is 1. The molecule has 1 amide bonds. The van der Waals surface area contributed by atoms with Crippen molar-refractivity contribution in [3.05, 3.63) is 47.8 Å². The molecule has 1 fully saturated rings. The lowest BCUT2D eigenvalue weighted by molar-refractivity contribution is -0.145. The Kier molecular flexibility index (Phi) is 6.28. The molecule has 0 unspecified atom stereocenters. The van der Waals surface area contributed by atoms with Gasteiger partial charge in [0.1, 0.15) is 5.84 Å². The van der Waals surface area contributed by atoms with E-state index in [1.54, 1.807) is 29.2 Å². The van der Waals surface area contributed by atoms with E-state index < -0.39 is 17.4 Å². The summed E-state index contributed by atoms with van der Waals surface area (Å²) < 4.78 is 0. The summed E-state index contributed by atoms with van der Waals surface area (Å²) in [7, 11) is 0. The third-order valence-corrected chi connectivity index (χ3v) is 5.52. The first-order valence-corrected chi connectivity index (χ1v) is 9.69. The minimum atomic E-state index is -1.04. The number of hydrogen-bond donors (Lipinski definition) is 4. The van der Waals surface area contributed by atoms with Crippen molar-refractivity contribution in [3.8, 4) is 11.4 Å². The lowest BCUT2D eigenvalue weighted by atomic mass is 9.73. The van der Waals surface area contributed by atoms with Gasteiger partial charge in [0.15, 0.2) is 5.82 Å². The highest BCUT2D eigenvalue weighted by molar-refractivity contribution is 5.95. The number of nitrogens with two attached hydrogens (primary N) is 1. The largest absolute Gasteiger partial charge is 0.481 e. The molecule has 0 radical (unpaired) electrons. The first kappa shape index (κ1) is 21.9. The van der Waals surface area contributed by atoms with E-state index in [0.717, 1.165) is 0 Å². The number of carboxylic acids is 2. The molecule has 2 heterocycles. The first-order chi connectivity index (χ1) is 14.7. The number of benzene rings is 1. The van der Waals surface area contributed by atoms with E-state index in [1.807, 2.05) is 0 Å². The van der Waals surface area contributed by atoms with Gasteiger partial charge in [-0.2, -0.15) is 0 Å². The van der Waals surface area contributed by atoms with E-state index in [9.17, 15) is 14.4 Å². The number of likely N-dealkylation sites (tertiary alicyclic amines) is 1. The summed E-state index contributed by atoms with van der Waals surface area (Å²) in [5, 5.41) is 25.7. The first-order valence-electron chi connectivity index (χ1n) is 9.69. The second kappa shape index (κ2) is 8.90. The van der Waals surface area contributed by atoms with E-state index in [2.05, 4.69) is 9.97 Å². The molecule has 1 aromatic carbocycles. The Labute approximate surface area is 178 Å². The highest BCUT2D eigenvalue weighted by Gasteiger charge is 2.39. The molecule has 0 bridgehead atoms. The van der Waals surface area contributed by atoms with Crippen molar-refractivity contribution < 1.29 is 24.6 Å². The molecule has 3 rings (SSSR count). The normalized spacial score (nSPS) is 15.3. The maximum absolute atomic E-state index is 12.8. The Hall–Kier alpha value is -3.82. The van der Waals surface area contributed by atoms with Crippen molar-refractivity contribution in [2.45, 2.75) is 25.7 Å². The van der Waals surface area contributed by atoms with Gasteiger partial charge in [-0.15, -0.1) is 0 Å². The fourth-order valence-electron chi connectivity index (χ4n) is 3.81. The summed E-state index contributed by atoms with van der Waals surface area (Å²) in [5.74, 6) is -1.97. The Balaban J connectivity index is 1.67. The third-order valence-electron chi connectivity index (χ3n) is 5.52. The van der Waals surface area contributed by atoms with Gasteiger partial charge in [-0.3, -0.25) is 19.8 Å². The lowest BCUT2D eigenvalue weighted by Crippen LogP contribution is -2.44. The molecule has 5 N–H and O–H groups in total. The van der Waals surface area contributed by atoms with Gasteiger partial charge in [-0.25, -0.2) is 9.97 Å². The molecule has 1 aliphatic rings. The average Bonchev–Trinajstić information content (AvgIpc) is 2.73. The summed E-state index contributed by atoms with van der Waals surface area (Å²) in [6, 6.07) is 6.86. The van der Waals surface area contributed by atoms with Crippen molar-refractivity contribution in [1.82, 2.24) is 14.9 Å². The molecule has 10 nitrogen and oxygen atoms in total. The van der Waals surface area contributed by atoms with Crippen LogP contribution in [0.3, 0.4) is 0 Å². The number of aliphatic carboxylic acids is 2. The highest BCUT2D eigenvalue weighted by Crippen LogP contribution is 2.38. The number of nitrogen functional groups attached to an aromatic ring is 1. The molecule has 10 heteroatoms. The van der Waals surface area contributed by atoms with Gasteiger partial charge in [0.05, 0.1) is 18.4 Å². The number of carbonyl (C=O) groups is 3. The molecule has 162 valence electrons. The van der Waals surface area contributed by atoms with E-state index in [0.29, 0.717) is 35.4 Å². The molecule has 2 aromatic rings. The number of carboxylic acid groups (broad SMARTS) is 2. The van der Waals surface area contributed by atoms with Crippen LogP contribution in [-0.2, 0) is 9.59 Å². The van der Waals surface area contributed by atoms with Crippen LogP contribution in [0.15, 0.2) is 36.7 Å². The number of nitrogens with one attached hydrogen (secondary N) is 1. The summed E-state index contributed by atoms with van der Waals surface area (Å²) in [5.41, 5.74) is 6.20. The second-order valence-corrected chi connectivity index (χ2v) is 7.72. The topological polar surface area (TPSA) is 171 Å². The number of amidine groups is 1. The number of rotatable bonds is 7. The standard InChI is InChI=1S/C21H23N5O5/c22-18(23)13-1-3-14(4-2-13)19-24-11-15(12-25-19)20(31)26-7-5-21(6-8-26,9-16(27)28)10-17(29)30/h1-4,11-12H,5-10H2,(H3,22,23)(H,27,28)(H,29,30). The van der Waals surface area contributed by atoms with Crippen molar-refractivity contribution in [3.63, 3.8) is 0 Å². The summed E-state index contributed by atoms with van der Waals surface area (Å²) in [4.78, 5) is 45.2. The number of nitrogens with zero attached hydrogens (tertiary/aromatic N) is 3. The molecule has 31 heavy (non-hydrogen) atoms. The lowest BCUT2D eigenvalue weighted by Gasteiger charge is -2.40. The third kappa shape index (κ3) is 5.21. The summed E-state index contributed by atoms with van der Waals surface area (Å²) in [6.07, 6.45) is 3.00. The van der Waals surface area contributed by atoms with Crippen LogP contribution in [0.5, 0.6) is 0 Å². The van der Waals surface area contributed by atoms with Gasteiger partial charge in [-0.1, -0.05) is 24.3 Å². The van der Waals surface area contributed by atoms with Crippen LogP contribution < -0.4 is 5.73 Å². The minimum absolute atomic E-state index is 0.0364. The predicted molar refractivity (Wildman–Crippen MR) is 111 cm³/mol. The maximum atomic E-state index is 12.8. The molecule has 0 spiro atoms. The highest BCUT2D eigenvalue weighted by atomic mass is 16.4. The Bertz CT molecular complexity index is 978. The van der Waals surface area contributed by atoms with Gasteiger partial charge < -0.3 is 20.8 Å². The zero-order valence-corrected chi connectivity index (χ0v) is 16.7. The minimum Gasteiger partial charge on any atom is -0.481 e. The second-order valence-electron chi connectivity index (χ2n) is 7.72. The molecule has 0 saturated carbocycles. The molecule has 1 aromatic heterocycles. The van der Waals surface area contributed by atoms with Crippen LogP contribution in [-0.4, -0.2) is 61.9 Å². The Morgan fingerprint density at radius 2 is 1.48 bits per heavy atom. The molecular formula is C21H23N5O5. The van der Waals surface area contributed by atoms with Crippen molar-refractivity contribution in [1.29, 1.82) is 5.41 Å². The fraction of sp³-hybridized carbons (Fsp3) is 0.333. The van der Waals surface area contributed by atoms with Crippen molar-refractivity contribution in [2.75, 3.05) is 13.1 Å². The van der Waals surface area contributed by atoms with Crippen LogP contribution >= 0.6 is 0 Å². The van der Waals surface area contributed by atoms with Gasteiger partial charge in [0.25, 0.3) is 5.91 Å². The van der Waals surface area contributed by atoms with Crippen LogP contribution in [0.2, 0.25) is 0 Å². The molecule has 0 aliphatic carbocycles. The van der Waals surface area contributed by atoms with E-state index in [4.69, 9.17) is 21.4 Å². The van der Waals surface area contributed by atoms with E-state index in [-0.39, 0.29) is 37.7 Å². The molecular weight excluding hydrogens is 402 g/mol. The van der Waals surface area contributed by atoms with E-state index in [1.165, 1.54) is 12.4 Å². The van der Waals surface area contributed by atoms with Crippen molar-refractivity contribution in [2.24, 2.45) is 11.1 Å². The van der Waals surface area contributed by atoms with Crippen LogP contribution in [0, 0.1) is 10.8 Å². The Morgan fingerprint density at radius 3 is 1.94 bits per heavy atom.